The Kier molecular flexibility index (Phi) is 3.87. The molecule has 7 heteroatoms. The van der Waals surface area contributed by atoms with Gasteiger partial charge < -0.3 is 25.2 Å². The van der Waals surface area contributed by atoms with Gasteiger partial charge in [0.15, 0.2) is 17.0 Å². The number of phenolic OH excluding ortho intramolecular Hbond substituents is 1. The summed E-state index contributed by atoms with van der Waals surface area (Å²) in [6.45, 7) is 1.27. The van der Waals surface area contributed by atoms with E-state index in [1.807, 2.05) is 0 Å². The third-order valence-corrected chi connectivity index (χ3v) is 2.75. The number of aliphatic hydroxyl groups excluding tert-OH is 1. The molecule has 1 aromatic rings. The van der Waals surface area contributed by atoms with Crippen LogP contribution in [0, 0.1) is 0 Å². The highest BCUT2D eigenvalue weighted by Gasteiger charge is 2.41. The van der Waals surface area contributed by atoms with Crippen molar-refractivity contribution in [2.45, 2.75) is 18.6 Å². The minimum Gasteiger partial charge on any atom is -0.504 e. The van der Waals surface area contributed by atoms with Gasteiger partial charge in [0.2, 0.25) is 0 Å². The molecule has 0 fully saturated rings. The number of aliphatic hydroxyl groups is 1. The summed E-state index contributed by atoms with van der Waals surface area (Å²) in [4.78, 5) is 11.1. The molecule has 1 rings (SSSR count). The highest BCUT2D eigenvalue weighted by Crippen LogP contribution is 2.32. The summed E-state index contributed by atoms with van der Waals surface area (Å²) in [5.41, 5.74) is 3.79. The quantitative estimate of drug-likeness (QED) is 0.391. The lowest BCUT2D eigenvalue weighted by molar-refractivity contribution is -0.148. The molecule has 0 aliphatic rings. The van der Waals surface area contributed by atoms with E-state index in [2.05, 4.69) is 17.1 Å². The first-order valence-corrected chi connectivity index (χ1v) is 5.05. The molecule has 0 aromatic heterocycles. The van der Waals surface area contributed by atoms with E-state index in [0.29, 0.717) is 0 Å². The molecule has 0 amide bonds. The van der Waals surface area contributed by atoms with E-state index in [4.69, 9.17) is 10.8 Å². The van der Waals surface area contributed by atoms with E-state index < -0.39 is 17.6 Å². The highest BCUT2D eigenvalue weighted by atomic mass is 32.1. The zero-order valence-corrected chi connectivity index (χ0v) is 9.89. The number of thiol groups is 1. The SMILES string of the molecule is CC(O)[C@](N)(C(=O)O)c1ccc(O)c(OS)c1. The number of aliphatic carboxylic acids is 1. The van der Waals surface area contributed by atoms with Gasteiger partial charge in [-0.1, -0.05) is 6.07 Å². The van der Waals surface area contributed by atoms with Crippen molar-refractivity contribution in [2.75, 3.05) is 0 Å². The van der Waals surface area contributed by atoms with E-state index >= 15 is 0 Å². The number of phenols is 1. The molecule has 2 atom stereocenters. The molecule has 1 unspecified atom stereocenters. The number of hydrogen-bond acceptors (Lipinski definition) is 6. The second-order valence-corrected chi connectivity index (χ2v) is 3.81. The Hall–Kier alpha value is -1.44. The van der Waals surface area contributed by atoms with E-state index in [1.54, 1.807) is 0 Å². The van der Waals surface area contributed by atoms with Crippen LogP contribution in [0.5, 0.6) is 11.5 Å². The Balaban J connectivity index is 3.35. The molecular weight excluding hydrogens is 246 g/mol. The maximum absolute atomic E-state index is 11.1. The third kappa shape index (κ3) is 2.31. The Morgan fingerprint density at radius 3 is 2.59 bits per heavy atom. The van der Waals surface area contributed by atoms with Crippen LogP contribution in [0.3, 0.4) is 0 Å². The van der Waals surface area contributed by atoms with Crippen molar-refractivity contribution in [3.8, 4) is 11.5 Å². The van der Waals surface area contributed by atoms with Crippen LogP contribution in [0.1, 0.15) is 12.5 Å². The molecule has 94 valence electrons. The standard InChI is InChI=1S/C10H13NO5S/c1-5(12)10(11,9(14)15)6-2-3-7(13)8(4-6)16-17/h2-5,12-13,17H,11H2,1H3,(H,14,15)/t5?,10-/m1/s1. The Labute approximate surface area is 103 Å². The van der Waals surface area contributed by atoms with Crippen LogP contribution in [-0.2, 0) is 10.3 Å². The highest BCUT2D eigenvalue weighted by molar-refractivity contribution is 7.75. The molecule has 0 radical (unpaired) electrons. The number of benzene rings is 1. The maximum Gasteiger partial charge on any atom is 0.331 e. The predicted octanol–water partition coefficient (Wildman–Crippen LogP) is 0.235. The lowest BCUT2D eigenvalue weighted by Crippen LogP contribution is -2.53. The van der Waals surface area contributed by atoms with Crippen LogP contribution in [0.15, 0.2) is 18.2 Å². The van der Waals surface area contributed by atoms with Crippen molar-refractivity contribution in [1.82, 2.24) is 0 Å². The van der Waals surface area contributed by atoms with Crippen molar-refractivity contribution < 1.29 is 24.3 Å². The summed E-state index contributed by atoms with van der Waals surface area (Å²) < 4.78 is 4.55. The van der Waals surface area contributed by atoms with Crippen LogP contribution in [0.4, 0.5) is 0 Å². The summed E-state index contributed by atoms with van der Waals surface area (Å²) in [5, 5.41) is 27.9. The second-order valence-electron chi connectivity index (χ2n) is 3.62. The van der Waals surface area contributed by atoms with Gasteiger partial charge in [0.1, 0.15) is 0 Å². The molecule has 1 aromatic carbocycles. The van der Waals surface area contributed by atoms with Gasteiger partial charge in [0.05, 0.1) is 6.10 Å². The molecule has 0 aliphatic heterocycles. The average molecular weight is 259 g/mol. The van der Waals surface area contributed by atoms with E-state index in [0.717, 1.165) is 0 Å². The number of carboxylic acids is 1. The minimum atomic E-state index is -1.98. The van der Waals surface area contributed by atoms with Crippen molar-refractivity contribution >= 4 is 18.9 Å². The maximum atomic E-state index is 11.1. The number of carboxylic acid groups (broad SMARTS) is 1. The molecule has 0 spiro atoms. The van der Waals surface area contributed by atoms with Gasteiger partial charge in [-0.05, 0) is 24.6 Å². The first-order valence-electron chi connectivity index (χ1n) is 4.69. The lowest BCUT2D eigenvalue weighted by Gasteiger charge is -2.28. The van der Waals surface area contributed by atoms with Gasteiger partial charge in [-0.25, -0.2) is 4.79 Å². The fraction of sp³-hybridized carbons (Fsp3) is 0.300. The van der Waals surface area contributed by atoms with Gasteiger partial charge in [-0.15, -0.1) is 0 Å². The largest absolute Gasteiger partial charge is 0.504 e. The minimum absolute atomic E-state index is 0.0393. The molecule has 0 saturated carbocycles. The number of rotatable bonds is 4. The van der Waals surface area contributed by atoms with Gasteiger partial charge in [-0.2, -0.15) is 0 Å². The topological polar surface area (TPSA) is 113 Å². The van der Waals surface area contributed by atoms with E-state index in [9.17, 15) is 15.0 Å². The average Bonchev–Trinajstić information content (AvgIpc) is 2.28. The zero-order chi connectivity index (χ0) is 13.2. The number of nitrogens with two attached hydrogens (primary N) is 1. The van der Waals surface area contributed by atoms with Crippen LogP contribution < -0.4 is 9.92 Å². The van der Waals surface area contributed by atoms with Crippen molar-refractivity contribution in [3.63, 3.8) is 0 Å². The molecule has 17 heavy (non-hydrogen) atoms. The van der Waals surface area contributed by atoms with Gasteiger partial charge in [-0.3, -0.25) is 0 Å². The fourth-order valence-electron chi connectivity index (χ4n) is 1.39. The molecular formula is C10H13NO5S. The summed E-state index contributed by atoms with van der Waals surface area (Å²) >= 11 is 3.52. The molecule has 0 bridgehead atoms. The van der Waals surface area contributed by atoms with Gasteiger partial charge >= 0.3 is 5.97 Å². The van der Waals surface area contributed by atoms with Crippen molar-refractivity contribution in [2.24, 2.45) is 5.73 Å². The van der Waals surface area contributed by atoms with E-state index in [-0.39, 0.29) is 17.1 Å². The molecule has 5 N–H and O–H groups in total. The summed E-state index contributed by atoms with van der Waals surface area (Å²) in [5.74, 6) is -1.63. The van der Waals surface area contributed by atoms with Crippen LogP contribution in [0.25, 0.3) is 0 Å². The number of aromatic hydroxyl groups is 1. The normalized spacial score (nSPS) is 16.0. The van der Waals surface area contributed by atoms with Crippen molar-refractivity contribution in [1.29, 1.82) is 0 Å². The lowest BCUT2D eigenvalue weighted by atomic mass is 9.86. The van der Waals surface area contributed by atoms with E-state index in [1.165, 1.54) is 25.1 Å². The first kappa shape index (κ1) is 13.6. The van der Waals surface area contributed by atoms with Crippen LogP contribution in [-0.4, -0.2) is 27.4 Å². The third-order valence-electron chi connectivity index (χ3n) is 2.55. The molecule has 0 aliphatic carbocycles. The van der Waals surface area contributed by atoms with Crippen LogP contribution >= 0.6 is 12.9 Å². The molecule has 6 nitrogen and oxygen atoms in total. The number of hydrogen-bond donors (Lipinski definition) is 5. The Bertz CT molecular complexity index is 437. The summed E-state index contributed by atoms with van der Waals surface area (Å²) in [6.07, 6.45) is -1.32. The number of carbonyl (C=O) groups is 1. The van der Waals surface area contributed by atoms with Crippen LogP contribution in [0.2, 0.25) is 0 Å². The van der Waals surface area contributed by atoms with Gasteiger partial charge in [0.25, 0.3) is 0 Å². The predicted molar refractivity (Wildman–Crippen MR) is 62.9 cm³/mol. The van der Waals surface area contributed by atoms with Gasteiger partial charge in [0, 0.05) is 12.9 Å². The zero-order valence-electron chi connectivity index (χ0n) is 8.99. The second kappa shape index (κ2) is 4.82. The summed E-state index contributed by atoms with van der Waals surface area (Å²) in [6, 6.07) is 3.73. The molecule has 0 heterocycles. The fourth-order valence-corrected chi connectivity index (χ4v) is 1.53. The van der Waals surface area contributed by atoms with Crippen molar-refractivity contribution in [3.05, 3.63) is 23.8 Å². The first-order chi connectivity index (χ1) is 7.83. The Morgan fingerprint density at radius 1 is 1.59 bits per heavy atom. The molecule has 0 saturated heterocycles. The smallest absolute Gasteiger partial charge is 0.331 e. The monoisotopic (exact) mass is 259 g/mol. The Morgan fingerprint density at radius 2 is 2.18 bits per heavy atom. The summed E-state index contributed by atoms with van der Waals surface area (Å²) in [7, 11) is 0.